The summed E-state index contributed by atoms with van der Waals surface area (Å²) in [4.78, 5) is 39.4. The second-order valence-electron chi connectivity index (χ2n) is 6.87. The Bertz CT molecular complexity index is 1200. The number of nitrogens with one attached hydrogen (secondary N) is 1. The molecule has 154 valence electrons. The summed E-state index contributed by atoms with van der Waals surface area (Å²) in [7, 11) is 1.75. The van der Waals surface area contributed by atoms with Gasteiger partial charge in [0.05, 0.1) is 17.1 Å². The summed E-state index contributed by atoms with van der Waals surface area (Å²) in [6, 6.07) is 14.4. The van der Waals surface area contributed by atoms with Gasteiger partial charge in [-0.25, -0.2) is 4.68 Å². The fraction of sp³-hybridized carbons (Fsp3) is 0.190. The predicted octanol–water partition coefficient (Wildman–Crippen LogP) is 2.61. The average molecular weight is 471 g/mol. The molecule has 4 rings (SSSR count). The molecule has 1 N–H and O–H groups in total. The smallest absolute Gasteiger partial charge is 0.295 e. The van der Waals surface area contributed by atoms with E-state index in [9.17, 15) is 14.4 Å². The van der Waals surface area contributed by atoms with Gasteiger partial charge in [-0.15, -0.1) is 0 Å². The number of anilines is 2. The van der Waals surface area contributed by atoms with Crippen LogP contribution < -0.4 is 20.5 Å². The van der Waals surface area contributed by atoms with Gasteiger partial charge in [-0.3, -0.25) is 24.0 Å². The van der Waals surface area contributed by atoms with Crippen LogP contribution >= 0.6 is 15.9 Å². The molecule has 0 saturated carbocycles. The number of rotatable bonds is 4. The van der Waals surface area contributed by atoms with Crippen LogP contribution in [0.5, 0.6) is 5.75 Å². The molecule has 0 fully saturated rings. The molecular weight excluding hydrogens is 452 g/mol. The van der Waals surface area contributed by atoms with Crippen LogP contribution in [0.25, 0.3) is 5.69 Å². The summed E-state index contributed by atoms with van der Waals surface area (Å²) < 4.78 is 9.41. The van der Waals surface area contributed by atoms with E-state index in [-0.39, 0.29) is 30.3 Å². The number of hydrogen-bond acceptors (Lipinski definition) is 4. The number of para-hydroxylation sites is 1. The van der Waals surface area contributed by atoms with E-state index >= 15 is 0 Å². The van der Waals surface area contributed by atoms with Gasteiger partial charge >= 0.3 is 0 Å². The van der Waals surface area contributed by atoms with Crippen molar-refractivity contribution in [1.82, 2.24) is 9.36 Å². The first-order valence-electron chi connectivity index (χ1n) is 9.23. The Hall–Kier alpha value is -3.33. The number of ether oxygens (including phenoxy) is 1. The molecule has 0 saturated heterocycles. The number of halogens is 1. The quantitative estimate of drug-likeness (QED) is 0.634. The highest BCUT2D eigenvalue weighted by Gasteiger charge is 2.28. The summed E-state index contributed by atoms with van der Waals surface area (Å²) in [5.74, 6) is -0.282. The van der Waals surface area contributed by atoms with Crippen molar-refractivity contribution >= 4 is 39.1 Å². The predicted molar refractivity (Wildman–Crippen MR) is 116 cm³/mol. The normalized spacial score (nSPS) is 13.0. The maximum absolute atomic E-state index is 13.0. The van der Waals surface area contributed by atoms with Crippen molar-refractivity contribution in [3.63, 3.8) is 0 Å². The van der Waals surface area contributed by atoms with Gasteiger partial charge in [-0.1, -0.05) is 34.1 Å². The van der Waals surface area contributed by atoms with Crippen molar-refractivity contribution in [2.24, 2.45) is 7.05 Å². The topological polar surface area (TPSA) is 85.6 Å². The highest BCUT2D eigenvalue weighted by atomic mass is 79.9. The molecule has 0 aliphatic carbocycles. The van der Waals surface area contributed by atoms with E-state index in [1.165, 1.54) is 9.58 Å². The van der Waals surface area contributed by atoms with Crippen LogP contribution in [0, 0.1) is 6.92 Å². The molecule has 9 heteroatoms. The van der Waals surface area contributed by atoms with Gasteiger partial charge in [0, 0.05) is 11.5 Å². The zero-order chi connectivity index (χ0) is 21.4. The van der Waals surface area contributed by atoms with Gasteiger partial charge in [0.2, 0.25) is 5.91 Å². The molecule has 0 radical (unpaired) electrons. The maximum Gasteiger partial charge on any atom is 0.295 e. The standard InChI is InChI=1S/C21H19BrN4O4/c1-13-20(21(29)26(24(13)2)15-6-4-3-5-7-15)23-18(27)11-25-16-9-8-14(22)10-17(16)30-12-19(25)28/h3-10H,11-12H2,1-2H3,(H,23,27). The third-order valence-corrected chi connectivity index (χ3v) is 5.48. The summed E-state index contributed by atoms with van der Waals surface area (Å²) in [6.45, 7) is 1.38. The Labute approximate surface area is 180 Å². The molecule has 2 amide bonds. The van der Waals surface area contributed by atoms with E-state index in [0.29, 0.717) is 22.8 Å². The lowest BCUT2D eigenvalue weighted by Crippen LogP contribution is -2.43. The molecule has 0 unspecified atom stereocenters. The van der Waals surface area contributed by atoms with Gasteiger partial charge in [0.1, 0.15) is 18.0 Å². The second-order valence-corrected chi connectivity index (χ2v) is 7.78. The lowest BCUT2D eigenvalue weighted by Gasteiger charge is -2.28. The Morgan fingerprint density at radius 1 is 1.17 bits per heavy atom. The molecule has 8 nitrogen and oxygen atoms in total. The average Bonchev–Trinajstić information content (AvgIpc) is 2.94. The van der Waals surface area contributed by atoms with Crippen molar-refractivity contribution in [3.05, 3.63) is 69.1 Å². The van der Waals surface area contributed by atoms with Crippen LogP contribution in [-0.4, -0.2) is 34.3 Å². The van der Waals surface area contributed by atoms with Crippen LogP contribution in [0.1, 0.15) is 5.69 Å². The maximum atomic E-state index is 13.0. The minimum Gasteiger partial charge on any atom is -0.482 e. The van der Waals surface area contributed by atoms with Crippen molar-refractivity contribution in [1.29, 1.82) is 0 Å². The summed E-state index contributed by atoms with van der Waals surface area (Å²) in [5.41, 5.74) is 1.65. The molecule has 2 aromatic carbocycles. The SMILES string of the molecule is Cc1c(NC(=O)CN2C(=O)COc3cc(Br)ccc32)c(=O)n(-c2ccccc2)n1C. The molecule has 0 bridgehead atoms. The fourth-order valence-electron chi connectivity index (χ4n) is 3.39. The minimum absolute atomic E-state index is 0.151. The fourth-order valence-corrected chi connectivity index (χ4v) is 3.73. The number of carbonyl (C=O) groups is 2. The molecular formula is C21H19BrN4O4. The zero-order valence-corrected chi connectivity index (χ0v) is 18.0. The first-order valence-corrected chi connectivity index (χ1v) is 10.0. The van der Waals surface area contributed by atoms with E-state index in [1.54, 1.807) is 36.9 Å². The molecule has 0 spiro atoms. The van der Waals surface area contributed by atoms with Crippen molar-refractivity contribution in [3.8, 4) is 11.4 Å². The molecule has 3 aromatic rings. The third-order valence-electron chi connectivity index (χ3n) is 4.99. The largest absolute Gasteiger partial charge is 0.482 e. The molecule has 1 aliphatic rings. The number of benzene rings is 2. The lowest BCUT2D eigenvalue weighted by atomic mass is 10.2. The van der Waals surface area contributed by atoms with E-state index in [4.69, 9.17) is 4.74 Å². The second kappa shape index (κ2) is 7.83. The van der Waals surface area contributed by atoms with Crippen LogP contribution in [0.4, 0.5) is 11.4 Å². The van der Waals surface area contributed by atoms with Crippen molar-refractivity contribution < 1.29 is 14.3 Å². The number of aromatic nitrogens is 2. The summed E-state index contributed by atoms with van der Waals surface area (Å²) in [5, 5.41) is 2.68. The lowest BCUT2D eigenvalue weighted by molar-refractivity contribution is -0.123. The molecule has 1 aliphatic heterocycles. The monoisotopic (exact) mass is 470 g/mol. The highest BCUT2D eigenvalue weighted by Crippen LogP contribution is 2.34. The van der Waals surface area contributed by atoms with Gasteiger partial charge in [0.15, 0.2) is 6.61 Å². The van der Waals surface area contributed by atoms with Crippen LogP contribution in [0.15, 0.2) is 57.8 Å². The number of hydrogen-bond donors (Lipinski definition) is 1. The Morgan fingerprint density at radius 2 is 1.90 bits per heavy atom. The number of nitrogens with zero attached hydrogens (tertiary/aromatic N) is 3. The molecule has 1 aromatic heterocycles. The number of amides is 2. The van der Waals surface area contributed by atoms with Crippen LogP contribution in [-0.2, 0) is 16.6 Å². The van der Waals surface area contributed by atoms with E-state index in [0.717, 1.165) is 4.47 Å². The first-order chi connectivity index (χ1) is 14.4. The molecule has 30 heavy (non-hydrogen) atoms. The minimum atomic E-state index is -0.467. The first kappa shape index (κ1) is 20.0. The van der Waals surface area contributed by atoms with E-state index < -0.39 is 5.91 Å². The van der Waals surface area contributed by atoms with Crippen LogP contribution in [0.2, 0.25) is 0 Å². The van der Waals surface area contributed by atoms with Gasteiger partial charge in [0.25, 0.3) is 11.5 Å². The Balaban J connectivity index is 1.60. The van der Waals surface area contributed by atoms with Gasteiger partial charge in [-0.2, -0.15) is 0 Å². The summed E-state index contributed by atoms with van der Waals surface area (Å²) >= 11 is 3.36. The number of carbonyl (C=O) groups excluding carboxylic acids is 2. The summed E-state index contributed by atoms with van der Waals surface area (Å²) in [6.07, 6.45) is 0. The Morgan fingerprint density at radius 3 is 2.63 bits per heavy atom. The molecule has 2 heterocycles. The Kier molecular flexibility index (Phi) is 5.21. The van der Waals surface area contributed by atoms with E-state index in [2.05, 4.69) is 21.2 Å². The third kappa shape index (κ3) is 3.52. The molecule has 0 atom stereocenters. The van der Waals surface area contributed by atoms with Crippen LogP contribution in [0.3, 0.4) is 0 Å². The van der Waals surface area contributed by atoms with Gasteiger partial charge < -0.3 is 10.1 Å². The van der Waals surface area contributed by atoms with Crippen molar-refractivity contribution in [2.45, 2.75) is 6.92 Å². The van der Waals surface area contributed by atoms with Gasteiger partial charge in [-0.05, 0) is 37.3 Å². The van der Waals surface area contributed by atoms with E-state index in [1.807, 2.05) is 30.3 Å². The van der Waals surface area contributed by atoms with Crippen molar-refractivity contribution in [2.75, 3.05) is 23.4 Å². The highest BCUT2D eigenvalue weighted by molar-refractivity contribution is 9.10. The number of fused-ring (bicyclic) bond motifs is 1. The zero-order valence-electron chi connectivity index (χ0n) is 16.4.